The topological polar surface area (TPSA) is 113 Å². The molecule has 1 unspecified atom stereocenters. The third-order valence-corrected chi connectivity index (χ3v) is 4.56. The minimum Gasteiger partial charge on any atom is -0.481 e. The lowest BCUT2D eigenvalue weighted by molar-refractivity contribution is -0.154. The second-order valence-corrected chi connectivity index (χ2v) is 5.97. The molecule has 1 heterocycles. The first kappa shape index (κ1) is 15.6. The Labute approximate surface area is 123 Å². The van der Waals surface area contributed by atoms with E-state index in [9.17, 15) is 19.5 Å². The fraction of sp³-hybridized carbons (Fsp3) is 0.786. The summed E-state index contributed by atoms with van der Waals surface area (Å²) in [4.78, 5) is 36.4. The summed E-state index contributed by atoms with van der Waals surface area (Å²) in [5, 5.41) is 12.0. The highest BCUT2D eigenvalue weighted by Gasteiger charge is 2.39. The molecule has 0 aromatic rings. The number of piperidine rings is 1. The minimum absolute atomic E-state index is 0.0266. The predicted octanol–water partition coefficient (Wildman–Crippen LogP) is 0.537. The van der Waals surface area contributed by atoms with E-state index in [4.69, 9.17) is 5.73 Å². The van der Waals surface area contributed by atoms with Crippen LogP contribution in [-0.4, -0.2) is 47.0 Å². The Hall–Kier alpha value is -1.79. The highest BCUT2D eigenvalue weighted by atomic mass is 16.4. The maximum Gasteiger partial charge on any atom is 0.316 e. The number of urea groups is 1. The molecule has 2 aliphatic rings. The lowest BCUT2D eigenvalue weighted by atomic mass is 9.89. The number of likely N-dealkylation sites (tertiary alicyclic amines) is 1. The van der Waals surface area contributed by atoms with Crippen LogP contribution in [0.1, 0.15) is 38.5 Å². The molecule has 2 rings (SSSR count). The quantitative estimate of drug-likeness (QED) is 0.657. The zero-order valence-corrected chi connectivity index (χ0v) is 12.1. The van der Waals surface area contributed by atoms with Gasteiger partial charge in [0.15, 0.2) is 0 Å². The van der Waals surface area contributed by atoms with E-state index >= 15 is 0 Å². The predicted molar refractivity (Wildman–Crippen MR) is 75.4 cm³/mol. The van der Waals surface area contributed by atoms with Crippen LogP contribution in [0.4, 0.5) is 4.79 Å². The molecule has 0 aromatic carbocycles. The normalized spacial score (nSPS) is 22.0. The highest BCUT2D eigenvalue weighted by molar-refractivity contribution is 5.97. The van der Waals surface area contributed by atoms with Crippen molar-refractivity contribution in [1.82, 2.24) is 10.2 Å². The Morgan fingerprint density at radius 2 is 1.67 bits per heavy atom. The van der Waals surface area contributed by atoms with Crippen LogP contribution in [0.25, 0.3) is 0 Å². The average molecular weight is 297 g/mol. The molecule has 2 fully saturated rings. The first-order valence-corrected chi connectivity index (χ1v) is 7.56. The maximum atomic E-state index is 12.5. The fourth-order valence-electron chi connectivity index (χ4n) is 3.44. The monoisotopic (exact) mass is 297 g/mol. The number of nitrogens with two attached hydrogens (primary N) is 1. The van der Waals surface area contributed by atoms with Crippen molar-refractivity contribution in [3.63, 3.8) is 0 Å². The fourth-order valence-corrected chi connectivity index (χ4v) is 3.44. The van der Waals surface area contributed by atoms with Crippen molar-refractivity contribution in [2.75, 3.05) is 13.1 Å². The van der Waals surface area contributed by atoms with Crippen molar-refractivity contribution in [2.24, 2.45) is 17.6 Å². The second kappa shape index (κ2) is 6.78. The molecule has 0 aromatic heterocycles. The summed E-state index contributed by atoms with van der Waals surface area (Å²) >= 11 is 0. The van der Waals surface area contributed by atoms with Crippen LogP contribution in [0.2, 0.25) is 0 Å². The number of aliphatic carboxylic acids is 1. The number of carbonyl (C=O) groups excluding carboxylic acids is 2. The van der Waals surface area contributed by atoms with Gasteiger partial charge in [0.1, 0.15) is 5.92 Å². The summed E-state index contributed by atoms with van der Waals surface area (Å²) in [6.07, 6.45) is 4.89. The largest absolute Gasteiger partial charge is 0.481 e. The van der Waals surface area contributed by atoms with Gasteiger partial charge in [0.25, 0.3) is 0 Å². The Morgan fingerprint density at radius 3 is 2.14 bits per heavy atom. The maximum absolute atomic E-state index is 12.5. The van der Waals surface area contributed by atoms with Crippen LogP contribution in [0.3, 0.4) is 0 Å². The molecule has 1 saturated heterocycles. The van der Waals surface area contributed by atoms with Gasteiger partial charge in [0.05, 0.1) is 0 Å². The van der Waals surface area contributed by atoms with Crippen LogP contribution in [0, 0.1) is 11.8 Å². The van der Waals surface area contributed by atoms with Crippen LogP contribution >= 0.6 is 0 Å². The van der Waals surface area contributed by atoms with Crippen molar-refractivity contribution >= 4 is 17.9 Å². The molecule has 1 atom stereocenters. The molecule has 0 radical (unpaired) electrons. The molecule has 3 amide bonds. The van der Waals surface area contributed by atoms with Gasteiger partial charge in [-0.3, -0.25) is 9.59 Å². The van der Waals surface area contributed by atoms with Gasteiger partial charge in [0, 0.05) is 19.1 Å². The summed E-state index contributed by atoms with van der Waals surface area (Å²) in [5.74, 6) is -2.22. The number of carboxylic acids is 1. The lowest BCUT2D eigenvalue weighted by Gasteiger charge is -2.34. The molecule has 0 spiro atoms. The van der Waals surface area contributed by atoms with E-state index < -0.39 is 17.9 Å². The number of nitrogens with zero attached hydrogens (tertiary/aromatic N) is 1. The SMILES string of the molecule is NC(=O)NC1CCN(C(=O)C(C(=O)O)C2CCCC2)CC1. The van der Waals surface area contributed by atoms with Crippen molar-refractivity contribution in [2.45, 2.75) is 44.6 Å². The third kappa shape index (κ3) is 3.86. The number of primary amides is 1. The zero-order valence-electron chi connectivity index (χ0n) is 12.1. The van der Waals surface area contributed by atoms with Gasteiger partial charge >= 0.3 is 12.0 Å². The Kier molecular flexibility index (Phi) is 5.03. The van der Waals surface area contributed by atoms with Gasteiger partial charge in [-0.05, 0) is 31.6 Å². The van der Waals surface area contributed by atoms with E-state index in [1.807, 2.05) is 0 Å². The van der Waals surface area contributed by atoms with Crippen molar-refractivity contribution in [3.8, 4) is 0 Å². The van der Waals surface area contributed by atoms with Crippen molar-refractivity contribution in [1.29, 1.82) is 0 Å². The molecule has 118 valence electrons. The van der Waals surface area contributed by atoms with E-state index in [0.29, 0.717) is 25.9 Å². The number of hydrogen-bond donors (Lipinski definition) is 3. The van der Waals surface area contributed by atoms with E-state index in [-0.39, 0.29) is 17.9 Å². The molecule has 1 aliphatic carbocycles. The molecule has 7 heteroatoms. The van der Waals surface area contributed by atoms with Crippen molar-refractivity contribution in [3.05, 3.63) is 0 Å². The molecule has 4 N–H and O–H groups in total. The third-order valence-electron chi connectivity index (χ3n) is 4.56. The average Bonchev–Trinajstić information content (AvgIpc) is 2.92. The summed E-state index contributed by atoms with van der Waals surface area (Å²) < 4.78 is 0. The number of carboxylic acid groups (broad SMARTS) is 1. The van der Waals surface area contributed by atoms with Crippen LogP contribution in [-0.2, 0) is 9.59 Å². The lowest BCUT2D eigenvalue weighted by Crippen LogP contribution is -2.50. The van der Waals surface area contributed by atoms with Gasteiger partial charge < -0.3 is 21.1 Å². The van der Waals surface area contributed by atoms with Crippen LogP contribution in [0.15, 0.2) is 0 Å². The van der Waals surface area contributed by atoms with E-state index in [0.717, 1.165) is 25.7 Å². The van der Waals surface area contributed by atoms with Crippen LogP contribution in [0.5, 0.6) is 0 Å². The first-order valence-electron chi connectivity index (χ1n) is 7.56. The van der Waals surface area contributed by atoms with Gasteiger partial charge in [0.2, 0.25) is 5.91 Å². The van der Waals surface area contributed by atoms with Crippen LogP contribution < -0.4 is 11.1 Å². The van der Waals surface area contributed by atoms with Gasteiger partial charge in [-0.15, -0.1) is 0 Å². The smallest absolute Gasteiger partial charge is 0.316 e. The Balaban J connectivity index is 1.93. The zero-order chi connectivity index (χ0) is 15.4. The number of amides is 3. The van der Waals surface area contributed by atoms with Gasteiger partial charge in [-0.2, -0.15) is 0 Å². The van der Waals surface area contributed by atoms with E-state index in [2.05, 4.69) is 5.32 Å². The first-order chi connectivity index (χ1) is 9.99. The molecule has 7 nitrogen and oxygen atoms in total. The molecule has 1 aliphatic heterocycles. The molecular formula is C14H23N3O4. The summed E-state index contributed by atoms with van der Waals surface area (Å²) in [5.41, 5.74) is 5.08. The highest BCUT2D eigenvalue weighted by Crippen LogP contribution is 2.33. The number of nitrogens with one attached hydrogen (secondary N) is 1. The number of hydrogen-bond acceptors (Lipinski definition) is 3. The standard InChI is InChI=1S/C14H23N3O4/c15-14(21)16-10-5-7-17(8-6-10)12(18)11(13(19)20)9-3-1-2-4-9/h9-11H,1-8H2,(H,19,20)(H3,15,16,21). The van der Waals surface area contributed by atoms with E-state index in [1.165, 1.54) is 0 Å². The Bertz CT molecular complexity index is 412. The Morgan fingerprint density at radius 1 is 1.10 bits per heavy atom. The minimum atomic E-state index is -1.01. The number of rotatable bonds is 4. The van der Waals surface area contributed by atoms with E-state index in [1.54, 1.807) is 4.90 Å². The molecule has 21 heavy (non-hydrogen) atoms. The summed E-state index contributed by atoms with van der Waals surface area (Å²) in [6.45, 7) is 0.945. The number of carbonyl (C=O) groups is 3. The second-order valence-electron chi connectivity index (χ2n) is 5.97. The summed E-state index contributed by atoms with van der Waals surface area (Å²) in [7, 11) is 0. The molecule has 0 bridgehead atoms. The molecule has 1 saturated carbocycles. The van der Waals surface area contributed by atoms with Gasteiger partial charge in [-0.25, -0.2) is 4.79 Å². The van der Waals surface area contributed by atoms with Crippen molar-refractivity contribution < 1.29 is 19.5 Å². The van der Waals surface area contributed by atoms with Gasteiger partial charge in [-0.1, -0.05) is 12.8 Å². The summed E-state index contributed by atoms with van der Waals surface area (Å²) in [6, 6.07) is -0.588. The molecular weight excluding hydrogens is 274 g/mol.